The van der Waals surface area contributed by atoms with E-state index in [2.05, 4.69) is 0 Å². The van der Waals surface area contributed by atoms with Gasteiger partial charge in [-0.15, -0.1) is 0 Å². The van der Waals surface area contributed by atoms with Crippen LogP contribution in [0.1, 0.15) is 31.4 Å². The van der Waals surface area contributed by atoms with Gasteiger partial charge in [0.25, 0.3) is 0 Å². The first-order chi connectivity index (χ1) is 8.84. The van der Waals surface area contributed by atoms with Crippen LogP contribution in [0.2, 0.25) is 0 Å². The van der Waals surface area contributed by atoms with Crippen LogP contribution in [-0.4, -0.2) is 26.2 Å². The van der Waals surface area contributed by atoms with Crippen LogP contribution in [0.15, 0.2) is 23.1 Å². The molecule has 1 unspecified atom stereocenters. The van der Waals surface area contributed by atoms with Gasteiger partial charge in [0.1, 0.15) is 0 Å². The molecule has 0 aromatic heterocycles. The largest absolute Gasteiger partial charge is 0.465 e. The van der Waals surface area contributed by atoms with Gasteiger partial charge < -0.3 is 4.74 Å². The molecule has 0 spiro atoms. The highest BCUT2D eigenvalue weighted by Gasteiger charge is 2.34. The second-order valence-electron chi connectivity index (χ2n) is 4.46. The highest BCUT2D eigenvalue weighted by Crippen LogP contribution is 2.23. The molecule has 4 nitrogen and oxygen atoms in total. The molecule has 0 aliphatic heterocycles. The Morgan fingerprint density at radius 2 is 1.89 bits per heavy atom. The van der Waals surface area contributed by atoms with E-state index in [1.807, 2.05) is 6.92 Å². The topological polar surface area (TPSA) is 60.4 Å². The summed E-state index contributed by atoms with van der Waals surface area (Å²) >= 11 is 0. The number of esters is 1. The standard InChI is InChI=1S/C14H20O4S/c1-5-12(14(15)18-6-2)19(16,17)13-8-7-10(3)9-11(13)4/h7-9,12H,5-6H2,1-4H3. The number of hydrogen-bond acceptors (Lipinski definition) is 4. The fourth-order valence-corrected chi connectivity index (χ4v) is 3.85. The Kier molecular flexibility index (Phi) is 5.11. The third-order valence-corrected chi connectivity index (χ3v) is 5.28. The quantitative estimate of drug-likeness (QED) is 0.779. The van der Waals surface area contributed by atoms with Crippen molar-refractivity contribution in [3.05, 3.63) is 29.3 Å². The number of carbonyl (C=O) groups excluding carboxylic acids is 1. The number of rotatable bonds is 5. The Balaban J connectivity index is 3.24. The molecule has 106 valence electrons. The van der Waals surface area contributed by atoms with Gasteiger partial charge in [0, 0.05) is 0 Å². The first kappa shape index (κ1) is 15.7. The zero-order valence-corrected chi connectivity index (χ0v) is 12.6. The molecule has 0 saturated heterocycles. The van der Waals surface area contributed by atoms with Crippen molar-refractivity contribution in [2.24, 2.45) is 0 Å². The molecule has 0 saturated carbocycles. The fraction of sp³-hybridized carbons (Fsp3) is 0.500. The van der Waals surface area contributed by atoms with Crippen LogP contribution in [0.4, 0.5) is 0 Å². The summed E-state index contributed by atoms with van der Waals surface area (Å²) in [5.74, 6) is -0.676. The minimum atomic E-state index is -3.69. The monoisotopic (exact) mass is 284 g/mol. The Hall–Kier alpha value is -1.36. The highest BCUT2D eigenvalue weighted by molar-refractivity contribution is 7.92. The van der Waals surface area contributed by atoms with E-state index in [1.165, 1.54) is 0 Å². The summed E-state index contributed by atoms with van der Waals surface area (Å²) in [4.78, 5) is 12.0. The molecule has 0 bridgehead atoms. The first-order valence-electron chi connectivity index (χ1n) is 6.32. The molecule has 1 rings (SSSR count). The number of hydrogen-bond donors (Lipinski definition) is 0. The Morgan fingerprint density at radius 3 is 2.37 bits per heavy atom. The minimum Gasteiger partial charge on any atom is -0.465 e. The Bertz CT molecular complexity index is 561. The summed E-state index contributed by atoms with van der Waals surface area (Å²) in [5.41, 5.74) is 1.64. The van der Waals surface area contributed by atoms with E-state index in [0.717, 1.165) is 5.56 Å². The molecule has 19 heavy (non-hydrogen) atoms. The molecular formula is C14H20O4S. The second kappa shape index (κ2) is 6.19. The molecular weight excluding hydrogens is 264 g/mol. The van der Waals surface area contributed by atoms with Gasteiger partial charge in [-0.3, -0.25) is 4.79 Å². The van der Waals surface area contributed by atoms with Gasteiger partial charge in [-0.2, -0.15) is 0 Å². The second-order valence-corrected chi connectivity index (χ2v) is 6.56. The lowest BCUT2D eigenvalue weighted by atomic mass is 10.2. The summed E-state index contributed by atoms with van der Waals surface area (Å²) in [7, 11) is -3.69. The number of ether oxygens (including phenoxy) is 1. The van der Waals surface area contributed by atoms with E-state index >= 15 is 0 Å². The molecule has 1 atom stereocenters. The van der Waals surface area contributed by atoms with Gasteiger partial charge in [0.2, 0.25) is 0 Å². The van der Waals surface area contributed by atoms with Crippen molar-refractivity contribution in [2.75, 3.05) is 6.61 Å². The molecule has 0 heterocycles. The maximum Gasteiger partial charge on any atom is 0.324 e. The molecule has 5 heteroatoms. The summed E-state index contributed by atoms with van der Waals surface area (Å²) in [6, 6.07) is 5.09. The molecule has 0 radical (unpaired) electrons. The van der Waals surface area contributed by atoms with E-state index < -0.39 is 21.1 Å². The van der Waals surface area contributed by atoms with E-state index in [9.17, 15) is 13.2 Å². The maximum absolute atomic E-state index is 12.5. The van der Waals surface area contributed by atoms with Crippen LogP contribution in [0, 0.1) is 13.8 Å². The van der Waals surface area contributed by atoms with Gasteiger partial charge in [-0.05, 0) is 38.8 Å². The molecule has 0 fully saturated rings. The van der Waals surface area contributed by atoms with Crippen molar-refractivity contribution >= 4 is 15.8 Å². The third-order valence-electron chi connectivity index (χ3n) is 2.93. The number of carbonyl (C=O) groups is 1. The lowest BCUT2D eigenvalue weighted by Crippen LogP contribution is -2.32. The minimum absolute atomic E-state index is 0.178. The number of aryl methyl sites for hydroxylation is 2. The Morgan fingerprint density at radius 1 is 1.26 bits per heavy atom. The van der Waals surface area contributed by atoms with Gasteiger partial charge in [-0.25, -0.2) is 8.42 Å². The van der Waals surface area contributed by atoms with Crippen LogP contribution < -0.4 is 0 Å². The van der Waals surface area contributed by atoms with Crippen LogP contribution in [-0.2, 0) is 19.4 Å². The predicted molar refractivity (Wildman–Crippen MR) is 73.8 cm³/mol. The zero-order valence-electron chi connectivity index (χ0n) is 11.8. The molecule has 1 aromatic carbocycles. The normalized spacial score (nSPS) is 13.1. The zero-order chi connectivity index (χ0) is 14.6. The van der Waals surface area contributed by atoms with Crippen LogP contribution in [0.5, 0.6) is 0 Å². The van der Waals surface area contributed by atoms with Crippen LogP contribution >= 0.6 is 0 Å². The van der Waals surface area contributed by atoms with Crippen molar-refractivity contribution in [3.8, 4) is 0 Å². The maximum atomic E-state index is 12.5. The van der Waals surface area contributed by atoms with Crippen molar-refractivity contribution in [1.29, 1.82) is 0 Å². The van der Waals surface area contributed by atoms with E-state index in [-0.39, 0.29) is 17.9 Å². The summed E-state index contributed by atoms with van der Waals surface area (Å²) in [6.07, 6.45) is 0.203. The van der Waals surface area contributed by atoms with E-state index in [4.69, 9.17) is 4.74 Å². The van der Waals surface area contributed by atoms with E-state index in [1.54, 1.807) is 39.0 Å². The lowest BCUT2D eigenvalue weighted by molar-refractivity contribution is -0.142. The van der Waals surface area contributed by atoms with Gasteiger partial charge in [-0.1, -0.05) is 24.6 Å². The molecule has 0 N–H and O–H groups in total. The fourth-order valence-electron chi connectivity index (χ4n) is 2.02. The predicted octanol–water partition coefficient (Wildman–Crippen LogP) is 2.42. The average Bonchev–Trinajstić information content (AvgIpc) is 2.28. The first-order valence-corrected chi connectivity index (χ1v) is 7.87. The van der Waals surface area contributed by atoms with Crippen molar-refractivity contribution in [1.82, 2.24) is 0 Å². The summed E-state index contributed by atoms with van der Waals surface area (Å²) in [5, 5.41) is -1.13. The summed E-state index contributed by atoms with van der Waals surface area (Å²) < 4.78 is 29.9. The number of benzene rings is 1. The van der Waals surface area contributed by atoms with Crippen molar-refractivity contribution in [2.45, 2.75) is 44.3 Å². The molecule has 0 aliphatic carbocycles. The van der Waals surface area contributed by atoms with Crippen molar-refractivity contribution < 1.29 is 17.9 Å². The van der Waals surface area contributed by atoms with Gasteiger partial charge in [0.15, 0.2) is 15.1 Å². The van der Waals surface area contributed by atoms with Gasteiger partial charge in [0.05, 0.1) is 11.5 Å². The third kappa shape index (κ3) is 3.35. The smallest absolute Gasteiger partial charge is 0.324 e. The van der Waals surface area contributed by atoms with Crippen molar-refractivity contribution in [3.63, 3.8) is 0 Å². The van der Waals surface area contributed by atoms with E-state index in [0.29, 0.717) is 5.56 Å². The summed E-state index contributed by atoms with van der Waals surface area (Å²) in [6.45, 7) is 7.14. The highest BCUT2D eigenvalue weighted by atomic mass is 32.2. The average molecular weight is 284 g/mol. The molecule has 0 amide bonds. The lowest BCUT2D eigenvalue weighted by Gasteiger charge is -2.16. The van der Waals surface area contributed by atoms with Crippen LogP contribution in [0.3, 0.4) is 0 Å². The Labute approximate surface area is 114 Å². The molecule has 1 aromatic rings. The van der Waals surface area contributed by atoms with Gasteiger partial charge >= 0.3 is 5.97 Å². The molecule has 0 aliphatic rings. The van der Waals surface area contributed by atoms with Crippen LogP contribution in [0.25, 0.3) is 0 Å². The SMILES string of the molecule is CCOC(=O)C(CC)S(=O)(=O)c1ccc(C)cc1C. The number of sulfone groups is 1.